The van der Waals surface area contributed by atoms with Gasteiger partial charge in [0.2, 0.25) is 0 Å². The molecule has 3 rings (SSSR count). The zero-order chi connectivity index (χ0) is 14.2. The van der Waals surface area contributed by atoms with Gasteiger partial charge in [-0.15, -0.1) is 0 Å². The van der Waals surface area contributed by atoms with Crippen molar-refractivity contribution in [2.24, 2.45) is 0 Å². The van der Waals surface area contributed by atoms with Crippen LogP contribution in [0, 0.1) is 6.92 Å². The van der Waals surface area contributed by atoms with Crippen molar-refractivity contribution in [2.75, 3.05) is 24.5 Å². The van der Waals surface area contributed by atoms with E-state index in [2.05, 4.69) is 45.2 Å². The molecular weight excluding hydrogens is 336 g/mol. The monoisotopic (exact) mass is 356 g/mol. The van der Waals surface area contributed by atoms with Gasteiger partial charge in [0.25, 0.3) is 0 Å². The third-order valence-corrected chi connectivity index (χ3v) is 5.77. The van der Waals surface area contributed by atoms with Gasteiger partial charge in [-0.3, -0.25) is 0 Å². The SMILES string of the molecule is Cc1cc(Br)c(N2CCCNC3(CCCC3)C2)cc1Cl. The predicted molar refractivity (Wildman–Crippen MR) is 89.9 cm³/mol. The van der Waals surface area contributed by atoms with Crippen molar-refractivity contribution in [3.63, 3.8) is 0 Å². The van der Waals surface area contributed by atoms with Gasteiger partial charge < -0.3 is 10.2 Å². The Kier molecular flexibility index (Phi) is 4.30. The number of anilines is 1. The molecule has 0 bridgehead atoms. The third kappa shape index (κ3) is 2.86. The van der Waals surface area contributed by atoms with Gasteiger partial charge in [0.1, 0.15) is 0 Å². The van der Waals surface area contributed by atoms with Crippen molar-refractivity contribution in [3.8, 4) is 0 Å². The van der Waals surface area contributed by atoms with E-state index in [1.807, 2.05) is 0 Å². The molecule has 1 aromatic rings. The summed E-state index contributed by atoms with van der Waals surface area (Å²) in [6.07, 6.45) is 6.52. The molecular formula is C16H22BrClN2. The van der Waals surface area contributed by atoms with Crippen molar-refractivity contribution >= 4 is 33.2 Å². The van der Waals surface area contributed by atoms with Gasteiger partial charge in [0, 0.05) is 28.1 Å². The van der Waals surface area contributed by atoms with E-state index in [0.717, 1.165) is 34.7 Å². The van der Waals surface area contributed by atoms with E-state index in [4.69, 9.17) is 11.6 Å². The summed E-state index contributed by atoms with van der Waals surface area (Å²) >= 11 is 10.1. The topological polar surface area (TPSA) is 15.3 Å². The summed E-state index contributed by atoms with van der Waals surface area (Å²) in [5, 5.41) is 4.67. The summed E-state index contributed by atoms with van der Waals surface area (Å²) in [5.41, 5.74) is 2.70. The first-order valence-electron chi connectivity index (χ1n) is 7.55. The maximum Gasteiger partial charge on any atom is 0.0526 e. The maximum atomic E-state index is 6.33. The Bertz CT molecular complexity index is 497. The third-order valence-electron chi connectivity index (χ3n) is 4.73. The minimum Gasteiger partial charge on any atom is -0.369 e. The van der Waals surface area contributed by atoms with E-state index in [-0.39, 0.29) is 0 Å². The Morgan fingerprint density at radius 2 is 2.00 bits per heavy atom. The zero-order valence-electron chi connectivity index (χ0n) is 12.0. The molecule has 1 aliphatic heterocycles. The fourth-order valence-corrected chi connectivity index (χ4v) is 4.46. The lowest BCUT2D eigenvalue weighted by Crippen LogP contribution is -2.49. The van der Waals surface area contributed by atoms with E-state index in [1.165, 1.54) is 37.8 Å². The van der Waals surface area contributed by atoms with Gasteiger partial charge in [-0.25, -0.2) is 0 Å². The van der Waals surface area contributed by atoms with Crippen LogP contribution in [0.25, 0.3) is 0 Å². The number of rotatable bonds is 1. The van der Waals surface area contributed by atoms with Gasteiger partial charge in [0.15, 0.2) is 0 Å². The first-order chi connectivity index (χ1) is 9.60. The van der Waals surface area contributed by atoms with E-state index in [0.29, 0.717) is 5.54 Å². The van der Waals surface area contributed by atoms with Crippen LogP contribution in [0.2, 0.25) is 5.02 Å². The molecule has 1 aliphatic carbocycles. The smallest absolute Gasteiger partial charge is 0.0526 e. The van der Waals surface area contributed by atoms with Gasteiger partial charge in [-0.1, -0.05) is 24.4 Å². The van der Waals surface area contributed by atoms with E-state index in [9.17, 15) is 0 Å². The molecule has 2 nitrogen and oxygen atoms in total. The average Bonchev–Trinajstić information content (AvgIpc) is 2.75. The second kappa shape index (κ2) is 5.86. The molecule has 1 saturated heterocycles. The molecule has 2 fully saturated rings. The summed E-state index contributed by atoms with van der Waals surface area (Å²) in [7, 11) is 0. The lowest BCUT2D eigenvalue weighted by Gasteiger charge is -2.35. The van der Waals surface area contributed by atoms with Crippen molar-refractivity contribution in [1.82, 2.24) is 5.32 Å². The van der Waals surface area contributed by atoms with Crippen LogP contribution in [-0.4, -0.2) is 25.2 Å². The van der Waals surface area contributed by atoms with E-state index >= 15 is 0 Å². The first kappa shape index (κ1) is 14.7. The number of aryl methyl sites for hydroxylation is 1. The van der Waals surface area contributed by atoms with Crippen molar-refractivity contribution < 1.29 is 0 Å². The van der Waals surface area contributed by atoms with Crippen LogP contribution in [0.15, 0.2) is 16.6 Å². The molecule has 2 aliphatic rings. The summed E-state index contributed by atoms with van der Waals surface area (Å²) in [6, 6.07) is 4.26. The fourth-order valence-electron chi connectivity index (χ4n) is 3.59. The molecule has 1 saturated carbocycles. The highest BCUT2D eigenvalue weighted by atomic mass is 79.9. The van der Waals surface area contributed by atoms with Gasteiger partial charge >= 0.3 is 0 Å². The van der Waals surface area contributed by atoms with Crippen LogP contribution in [-0.2, 0) is 0 Å². The molecule has 0 unspecified atom stereocenters. The molecule has 1 N–H and O–H groups in total. The number of hydrogen-bond donors (Lipinski definition) is 1. The van der Waals surface area contributed by atoms with Gasteiger partial charge in [0.05, 0.1) is 5.69 Å². The van der Waals surface area contributed by atoms with E-state index < -0.39 is 0 Å². The van der Waals surface area contributed by atoms with E-state index in [1.54, 1.807) is 0 Å². The molecule has 0 amide bonds. The van der Waals surface area contributed by atoms with Crippen LogP contribution in [0.4, 0.5) is 5.69 Å². The van der Waals surface area contributed by atoms with Gasteiger partial charge in [-0.2, -0.15) is 0 Å². The highest BCUT2D eigenvalue weighted by molar-refractivity contribution is 9.10. The molecule has 20 heavy (non-hydrogen) atoms. The molecule has 1 spiro atoms. The van der Waals surface area contributed by atoms with Crippen molar-refractivity contribution in [1.29, 1.82) is 0 Å². The lowest BCUT2D eigenvalue weighted by molar-refractivity contribution is 0.354. The average molecular weight is 358 g/mol. The van der Waals surface area contributed by atoms with Crippen molar-refractivity contribution in [2.45, 2.75) is 44.6 Å². The molecule has 0 radical (unpaired) electrons. The summed E-state index contributed by atoms with van der Waals surface area (Å²) in [6.45, 7) is 5.39. The Morgan fingerprint density at radius 3 is 2.75 bits per heavy atom. The summed E-state index contributed by atoms with van der Waals surface area (Å²) in [4.78, 5) is 2.51. The predicted octanol–water partition coefficient (Wildman–Crippen LogP) is 4.52. The largest absolute Gasteiger partial charge is 0.369 e. The molecule has 4 heteroatoms. The van der Waals surface area contributed by atoms with Crippen LogP contribution >= 0.6 is 27.5 Å². The quantitative estimate of drug-likeness (QED) is 0.794. The molecule has 1 heterocycles. The highest BCUT2D eigenvalue weighted by Gasteiger charge is 2.36. The molecule has 1 aromatic carbocycles. The Hall–Kier alpha value is -0.250. The Morgan fingerprint density at radius 1 is 1.25 bits per heavy atom. The minimum atomic E-state index is 0.327. The highest BCUT2D eigenvalue weighted by Crippen LogP contribution is 2.37. The Labute approximate surface area is 135 Å². The van der Waals surface area contributed by atoms with Crippen LogP contribution in [0.1, 0.15) is 37.7 Å². The second-order valence-corrected chi connectivity index (χ2v) is 7.50. The fraction of sp³-hybridized carbons (Fsp3) is 0.625. The van der Waals surface area contributed by atoms with Crippen LogP contribution in [0.5, 0.6) is 0 Å². The number of benzene rings is 1. The summed E-state index contributed by atoms with van der Waals surface area (Å²) in [5.74, 6) is 0. The zero-order valence-corrected chi connectivity index (χ0v) is 14.4. The number of nitrogens with one attached hydrogen (secondary N) is 1. The minimum absolute atomic E-state index is 0.327. The second-order valence-electron chi connectivity index (χ2n) is 6.24. The number of halogens is 2. The van der Waals surface area contributed by atoms with Gasteiger partial charge in [-0.05, 0) is 66.4 Å². The molecule has 0 aromatic heterocycles. The normalized spacial score (nSPS) is 22.2. The lowest BCUT2D eigenvalue weighted by atomic mass is 9.97. The number of hydrogen-bond acceptors (Lipinski definition) is 2. The van der Waals surface area contributed by atoms with Crippen LogP contribution in [0.3, 0.4) is 0 Å². The standard InChI is InChI=1S/C16H22BrClN2/c1-12-9-13(17)15(10-14(12)18)20-8-4-7-19-16(11-20)5-2-3-6-16/h9-10,19H,2-8,11H2,1H3. The molecule has 110 valence electrons. The Balaban J connectivity index is 1.90. The first-order valence-corrected chi connectivity index (χ1v) is 8.72. The van der Waals surface area contributed by atoms with Crippen molar-refractivity contribution in [3.05, 3.63) is 27.2 Å². The maximum absolute atomic E-state index is 6.33. The summed E-state index contributed by atoms with van der Waals surface area (Å²) < 4.78 is 1.16. The number of nitrogens with zero attached hydrogens (tertiary/aromatic N) is 1. The molecule has 0 atom stereocenters. The van der Waals surface area contributed by atoms with Crippen LogP contribution < -0.4 is 10.2 Å².